The molecule has 2 rings (SSSR count). The zero-order chi connectivity index (χ0) is 5.78. The Kier molecular flexibility index (Phi) is 0.618. The van der Waals surface area contributed by atoms with E-state index in [9.17, 15) is 0 Å². The Morgan fingerprint density at radius 2 is 2.00 bits per heavy atom. The van der Waals surface area contributed by atoms with Crippen LogP contribution in [-0.2, 0) is 0 Å². The molecule has 0 radical (unpaired) electrons. The van der Waals surface area contributed by atoms with Crippen LogP contribution in [0.2, 0.25) is 0 Å². The predicted molar refractivity (Wildman–Crippen MR) is 33.3 cm³/mol. The van der Waals surface area contributed by atoms with E-state index in [1.807, 2.05) is 0 Å². The molecule has 1 aliphatic carbocycles. The lowest BCUT2D eigenvalue weighted by atomic mass is 10.1. The van der Waals surface area contributed by atoms with Gasteiger partial charge in [-0.3, -0.25) is 0 Å². The van der Waals surface area contributed by atoms with Gasteiger partial charge in [0.25, 0.3) is 0 Å². The van der Waals surface area contributed by atoms with Gasteiger partial charge in [-0.15, -0.1) is 0 Å². The average Bonchev–Trinajstić information content (AvgIpc) is 2.22. The van der Waals surface area contributed by atoms with Gasteiger partial charge in [-0.1, -0.05) is 0 Å². The maximum Gasteiger partial charge on any atom is 0.112 e. The van der Waals surface area contributed by atoms with E-state index in [1.54, 1.807) is 0 Å². The van der Waals surface area contributed by atoms with Gasteiger partial charge >= 0.3 is 0 Å². The van der Waals surface area contributed by atoms with Crippen LogP contribution in [0.25, 0.3) is 0 Å². The molecule has 1 nitrogen and oxygen atoms in total. The Hall–Kier alpha value is -0.170. The van der Waals surface area contributed by atoms with Crippen LogP contribution in [0.1, 0.15) is 6.92 Å². The highest BCUT2D eigenvalue weighted by atomic mass is 15.0. The molecule has 2 fully saturated rings. The zero-order valence-corrected chi connectivity index (χ0v) is 5.28. The highest BCUT2D eigenvalue weighted by Crippen LogP contribution is 2.59. The van der Waals surface area contributed by atoms with Gasteiger partial charge in [-0.2, -0.15) is 0 Å². The fourth-order valence-electron chi connectivity index (χ4n) is 1.91. The fourth-order valence-corrected chi connectivity index (χ4v) is 1.91. The van der Waals surface area contributed by atoms with Crippen molar-refractivity contribution in [3.8, 4) is 0 Å². The van der Waals surface area contributed by atoms with Gasteiger partial charge in [0.2, 0.25) is 0 Å². The van der Waals surface area contributed by atoms with Crippen molar-refractivity contribution in [1.29, 1.82) is 0 Å². The topological polar surface area (TPSA) is 12.0 Å². The predicted octanol–water partition coefficient (Wildman–Crippen LogP) is 0.676. The third kappa shape index (κ3) is 0.346. The summed E-state index contributed by atoms with van der Waals surface area (Å²) in [4.78, 5) is 0. The molecule has 1 saturated carbocycles. The van der Waals surface area contributed by atoms with Crippen LogP contribution in [-0.4, -0.2) is 13.1 Å². The smallest absolute Gasteiger partial charge is 0.112 e. The molecule has 8 heavy (non-hydrogen) atoms. The van der Waals surface area contributed by atoms with Crippen LogP contribution in [0.4, 0.5) is 0 Å². The van der Waals surface area contributed by atoms with Gasteiger partial charge in [0.1, 0.15) is 5.41 Å². The van der Waals surface area contributed by atoms with Crippen molar-refractivity contribution < 1.29 is 0 Å². The van der Waals surface area contributed by atoms with Crippen molar-refractivity contribution >= 4 is 0 Å². The molecule has 0 aromatic carbocycles. The minimum Gasteiger partial charge on any atom is -0.316 e. The van der Waals surface area contributed by atoms with Crippen LogP contribution in [0, 0.1) is 24.2 Å². The Morgan fingerprint density at radius 3 is 2.25 bits per heavy atom. The second-order valence-electron chi connectivity index (χ2n) is 3.38. The molecule has 2 atom stereocenters. The molecule has 1 heteroatoms. The second kappa shape index (κ2) is 1.06. The standard InChI is InChI=1S/C7H12N/c1-7(2)5-3-8-4-6(5)7/h5-6,8H,1,3-4H2,2H3/q+1. The lowest BCUT2D eigenvalue weighted by Gasteiger charge is -2.00. The van der Waals surface area contributed by atoms with E-state index in [0.29, 0.717) is 5.41 Å². The first-order valence-electron chi connectivity index (χ1n) is 3.29. The zero-order valence-electron chi connectivity index (χ0n) is 5.28. The van der Waals surface area contributed by atoms with Crippen molar-refractivity contribution in [2.45, 2.75) is 6.92 Å². The van der Waals surface area contributed by atoms with Gasteiger partial charge in [0.15, 0.2) is 0 Å². The molecule has 0 amide bonds. The molecule has 1 saturated heterocycles. The molecule has 1 aliphatic heterocycles. The molecule has 2 unspecified atom stereocenters. The summed E-state index contributed by atoms with van der Waals surface area (Å²) in [6.07, 6.45) is 0. The first kappa shape index (κ1) is 4.68. The van der Waals surface area contributed by atoms with Crippen molar-refractivity contribution in [1.82, 2.24) is 5.32 Å². The molecule has 0 aromatic rings. The van der Waals surface area contributed by atoms with E-state index in [-0.39, 0.29) is 0 Å². The van der Waals surface area contributed by atoms with E-state index in [1.165, 1.54) is 13.1 Å². The minimum absolute atomic E-state index is 0.450. The lowest BCUT2D eigenvalue weighted by Crippen LogP contribution is -2.18. The van der Waals surface area contributed by atoms with Crippen molar-refractivity contribution in [3.63, 3.8) is 0 Å². The highest BCUT2D eigenvalue weighted by Gasteiger charge is 2.66. The molecular weight excluding hydrogens is 98.1 g/mol. The summed E-state index contributed by atoms with van der Waals surface area (Å²) >= 11 is 0. The normalized spacial score (nSPS) is 60.6. The Labute approximate surface area is 50.5 Å². The van der Waals surface area contributed by atoms with Gasteiger partial charge in [0, 0.05) is 24.9 Å². The number of rotatable bonds is 0. The minimum atomic E-state index is 0.450. The Morgan fingerprint density at radius 1 is 1.50 bits per heavy atom. The summed E-state index contributed by atoms with van der Waals surface area (Å²) < 4.78 is 0. The molecule has 44 valence electrons. The summed E-state index contributed by atoms with van der Waals surface area (Å²) in [7, 11) is 0. The number of nitrogens with one attached hydrogen (secondary N) is 1. The first-order valence-corrected chi connectivity index (χ1v) is 3.29. The summed E-state index contributed by atoms with van der Waals surface area (Å²) in [5, 5.41) is 3.34. The fraction of sp³-hybridized carbons (Fsp3) is 0.857. The van der Waals surface area contributed by atoms with E-state index < -0.39 is 0 Å². The Bertz CT molecular complexity index is 106. The van der Waals surface area contributed by atoms with Crippen molar-refractivity contribution in [3.05, 3.63) is 6.92 Å². The first-order chi connectivity index (χ1) is 3.73. The van der Waals surface area contributed by atoms with Crippen LogP contribution in [0.5, 0.6) is 0 Å². The van der Waals surface area contributed by atoms with Crippen molar-refractivity contribution in [2.24, 2.45) is 17.3 Å². The van der Waals surface area contributed by atoms with Crippen LogP contribution in [0.15, 0.2) is 0 Å². The van der Waals surface area contributed by atoms with Gasteiger partial charge in [-0.25, -0.2) is 0 Å². The molecular formula is C7H12N+. The van der Waals surface area contributed by atoms with Crippen molar-refractivity contribution in [2.75, 3.05) is 13.1 Å². The average molecular weight is 110 g/mol. The third-order valence-corrected chi connectivity index (χ3v) is 2.80. The van der Waals surface area contributed by atoms with Crippen LogP contribution in [0.3, 0.4) is 0 Å². The van der Waals surface area contributed by atoms with E-state index >= 15 is 0 Å². The molecule has 0 spiro atoms. The summed E-state index contributed by atoms with van der Waals surface area (Å²) in [6.45, 7) is 8.82. The number of piperidine rings is 1. The monoisotopic (exact) mass is 110 g/mol. The highest BCUT2D eigenvalue weighted by molar-refractivity contribution is 5.14. The maximum absolute atomic E-state index is 4.13. The maximum atomic E-state index is 4.13. The van der Waals surface area contributed by atoms with E-state index in [2.05, 4.69) is 19.2 Å². The molecule has 0 bridgehead atoms. The second-order valence-corrected chi connectivity index (χ2v) is 3.38. The largest absolute Gasteiger partial charge is 0.316 e. The third-order valence-electron chi connectivity index (χ3n) is 2.80. The SMILES string of the molecule is [CH2+]C1(C)C2CNCC21. The van der Waals surface area contributed by atoms with E-state index in [0.717, 1.165) is 11.8 Å². The molecule has 1 N–H and O–H groups in total. The van der Waals surface area contributed by atoms with Gasteiger partial charge < -0.3 is 5.32 Å². The van der Waals surface area contributed by atoms with Gasteiger partial charge in [-0.05, 0) is 6.92 Å². The van der Waals surface area contributed by atoms with Crippen LogP contribution < -0.4 is 5.32 Å². The molecule has 2 aliphatic rings. The quantitative estimate of drug-likeness (QED) is 0.452. The molecule has 1 heterocycles. The lowest BCUT2D eigenvalue weighted by molar-refractivity contribution is 0.524. The number of fused-ring (bicyclic) bond motifs is 1. The Balaban J connectivity index is 2.13. The van der Waals surface area contributed by atoms with Crippen LogP contribution >= 0.6 is 0 Å². The summed E-state index contributed by atoms with van der Waals surface area (Å²) in [5.74, 6) is 1.81. The van der Waals surface area contributed by atoms with E-state index in [4.69, 9.17) is 0 Å². The van der Waals surface area contributed by atoms with Gasteiger partial charge in [0.05, 0.1) is 6.92 Å². The summed E-state index contributed by atoms with van der Waals surface area (Å²) in [6, 6.07) is 0. The summed E-state index contributed by atoms with van der Waals surface area (Å²) in [5.41, 5.74) is 0.450. The number of hydrogen-bond donors (Lipinski definition) is 1. The molecule has 0 aromatic heterocycles. The number of hydrogen-bond acceptors (Lipinski definition) is 1.